The van der Waals surface area contributed by atoms with E-state index in [1.54, 1.807) is 18.3 Å². The minimum Gasteiger partial charge on any atom is -0.350 e. The van der Waals surface area contributed by atoms with Crippen molar-refractivity contribution in [2.24, 2.45) is 0 Å². The van der Waals surface area contributed by atoms with Crippen LogP contribution in [0.4, 0.5) is 11.5 Å². The van der Waals surface area contributed by atoms with Crippen LogP contribution in [-0.4, -0.2) is 23.8 Å². The molecule has 0 radical (unpaired) electrons. The molecule has 4 rings (SSSR count). The lowest BCUT2D eigenvalue weighted by Crippen LogP contribution is -2.32. The number of carbonyl (C=O) groups is 1. The first kappa shape index (κ1) is 23.0. The van der Waals surface area contributed by atoms with E-state index in [1.165, 1.54) is 11.6 Å². The number of ether oxygens (including phenoxy) is 1. The van der Waals surface area contributed by atoms with Crippen LogP contribution in [0.5, 0.6) is 0 Å². The van der Waals surface area contributed by atoms with Crippen LogP contribution in [-0.2, 0) is 20.8 Å². The lowest BCUT2D eigenvalue weighted by molar-refractivity contribution is -0.198. The number of aromatic nitrogens is 1. The highest BCUT2D eigenvalue weighted by Crippen LogP contribution is 2.27. The molecule has 33 heavy (non-hydrogen) atoms. The van der Waals surface area contributed by atoms with E-state index >= 15 is 0 Å². The molecule has 1 aromatic heterocycles. The molecule has 1 amide bonds. The summed E-state index contributed by atoms with van der Waals surface area (Å²) in [6, 6.07) is 20.1. The number of nitrogens with one attached hydrogen (secondary N) is 2. The molecule has 170 valence electrons. The molecular formula is C26H26ClN3O3. The second kappa shape index (κ2) is 11.6. The van der Waals surface area contributed by atoms with Crippen LogP contribution in [0.3, 0.4) is 0 Å². The summed E-state index contributed by atoms with van der Waals surface area (Å²) in [5.74, 6) is 0.175. The first-order chi connectivity index (χ1) is 16.2. The predicted molar refractivity (Wildman–Crippen MR) is 130 cm³/mol. The number of para-hydroxylation sites is 1. The van der Waals surface area contributed by atoms with Gasteiger partial charge in [-0.3, -0.25) is 4.79 Å². The zero-order valence-corrected chi connectivity index (χ0v) is 18.9. The number of anilines is 2. The SMILES string of the molecule is O=C(/C=C/c1cnc(Nc2ccccc2Cc2ccccc2)c(Cl)c1)NOC1CCCCO1. The number of benzene rings is 2. The van der Waals surface area contributed by atoms with Gasteiger partial charge in [0.1, 0.15) is 5.82 Å². The Hall–Kier alpha value is -3.19. The van der Waals surface area contributed by atoms with Crippen molar-refractivity contribution in [3.05, 3.63) is 94.6 Å². The molecule has 1 aliphatic rings. The van der Waals surface area contributed by atoms with Gasteiger partial charge in [-0.25, -0.2) is 15.3 Å². The molecule has 2 N–H and O–H groups in total. The van der Waals surface area contributed by atoms with Gasteiger partial charge in [-0.2, -0.15) is 0 Å². The van der Waals surface area contributed by atoms with Crippen LogP contribution in [0.2, 0.25) is 5.02 Å². The fourth-order valence-electron chi connectivity index (χ4n) is 3.51. The minimum absolute atomic E-state index is 0.377. The van der Waals surface area contributed by atoms with Crippen molar-refractivity contribution in [2.75, 3.05) is 11.9 Å². The quantitative estimate of drug-likeness (QED) is 0.333. The number of hydroxylamine groups is 1. The molecule has 1 saturated heterocycles. The lowest BCUT2D eigenvalue weighted by atomic mass is 10.0. The number of hydrogen-bond donors (Lipinski definition) is 2. The van der Waals surface area contributed by atoms with Crippen LogP contribution in [0.25, 0.3) is 6.08 Å². The highest BCUT2D eigenvalue weighted by atomic mass is 35.5. The monoisotopic (exact) mass is 463 g/mol. The second-order valence-electron chi connectivity index (χ2n) is 7.76. The summed E-state index contributed by atoms with van der Waals surface area (Å²) in [7, 11) is 0. The van der Waals surface area contributed by atoms with Crippen LogP contribution in [0.15, 0.2) is 72.9 Å². The van der Waals surface area contributed by atoms with E-state index < -0.39 is 0 Å². The standard InChI is InChI=1S/C26H26ClN3O3/c27-22-17-20(13-14-24(31)30-33-25-12-6-7-15-32-25)18-28-26(22)29-23-11-5-4-10-21(23)16-19-8-2-1-3-9-19/h1-5,8-11,13-14,17-18,25H,6-7,12,15-16H2,(H,28,29)(H,30,31)/b14-13+. The number of pyridine rings is 1. The molecule has 0 spiro atoms. The van der Waals surface area contributed by atoms with Crippen molar-refractivity contribution in [3.8, 4) is 0 Å². The van der Waals surface area contributed by atoms with Crippen LogP contribution in [0.1, 0.15) is 36.0 Å². The number of carbonyl (C=O) groups excluding carboxylic acids is 1. The summed E-state index contributed by atoms with van der Waals surface area (Å²) in [5, 5.41) is 3.79. The fourth-order valence-corrected chi connectivity index (χ4v) is 3.73. The van der Waals surface area contributed by atoms with Crippen molar-refractivity contribution >= 4 is 35.1 Å². The smallest absolute Gasteiger partial charge is 0.267 e. The van der Waals surface area contributed by atoms with Crippen molar-refractivity contribution in [2.45, 2.75) is 32.0 Å². The Bertz CT molecular complexity index is 1100. The molecule has 0 saturated carbocycles. The Morgan fingerprint density at radius 2 is 1.97 bits per heavy atom. The third kappa shape index (κ3) is 6.89. The topological polar surface area (TPSA) is 72.5 Å². The molecule has 2 heterocycles. The highest BCUT2D eigenvalue weighted by Gasteiger charge is 2.15. The number of halogens is 1. The van der Waals surface area contributed by atoms with Gasteiger partial charge in [-0.1, -0.05) is 60.1 Å². The van der Waals surface area contributed by atoms with Crippen molar-refractivity contribution in [3.63, 3.8) is 0 Å². The number of hydrogen-bond acceptors (Lipinski definition) is 5. The summed E-state index contributed by atoms with van der Waals surface area (Å²) >= 11 is 6.47. The molecule has 1 unspecified atom stereocenters. The minimum atomic E-state index is -0.387. The van der Waals surface area contributed by atoms with Gasteiger partial charge in [0.25, 0.3) is 5.91 Å². The Balaban J connectivity index is 1.37. The van der Waals surface area contributed by atoms with Gasteiger partial charge in [0.15, 0.2) is 6.29 Å². The molecule has 6 nitrogen and oxygen atoms in total. The van der Waals surface area contributed by atoms with Gasteiger partial charge in [0, 0.05) is 31.0 Å². The van der Waals surface area contributed by atoms with Crippen LogP contribution < -0.4 is 10.8 Å². The van der Waals surface area contributed by atoms with E-state index in [0.29, 0.717) is 23.0 Å². The largest absolute Gasteiger partial charge is 0.350 e. The van der Waals surface area contributed by atoms with E-state index in [-0.39, 0.29) is 12.2 Å². The Morgan fingerprint density at radius 1 is 1.15 bits per heavy atom. The van der Waals surface area contributed by atoms with E-state index in [9.17, 15) is 4.79 Å². The van der Waals surface area contributed by atoms with Crippen LogP contribution >= 0.6 is 11.6 Å². The van der Waals surface area contributed by atoms with E-state index in [2.05, 4.69) is 34.0 Å². The van der Waals surface area contributed by atoms with Gasteiger partial charge < -0.3 is 10.1 Å². The Kier molecular flexibility index (Phi) is 8.09. The summed E-state index contributed by atoms with van der Waals surface area (Å²) in [6.07, 6.45) is 7.89. The maximum absolute atomic E-state index is 12.0. The maximum atomic E-state index is 12.0. The fraction of sp³-hybridized carbons (Fsp3) is 0.231. The average Bonchev–Trinajstić information content (AvgIpc) is 2.85. The molecule has 0 bridgehead atoms. The maximum Gasteiger partial charge on any atom is 0.267 e. The van der Waals surface area contributed by atoms with Gasteiger partial charge in [-0.15, -0.1) is 0 Å². The predicted octanol–water partition coefficient (Wildman–Crippen LogP) is 5.66. The molecule has 1 atom stereocenters. The van der Waals surface area contributed by atoms with Gasteiger partial charge >= 0.3 is 0 Å². The molecule has 0 aliphatic carbocycles. The van der Waals surface area contributed by atoms with E-state index in [0.717, 1.165) is 36.9 Å². The van der Waals surface area contributed by atoms with Crippen molar-refractivity contribution in [1.29, 1.82) is 0 Å². The van der Waals surface area contributed by atoms with Gasteiger partial charge in [-0.05, 0) is 54.2 Å². The molecular weight excluding hydrogens is 438 g/mol. The molecule has 1 aliphatic heterocycles. The first-order valence-electron chi connectivity index (χ1n) is 11.0. The molecule has 7 heteroatoms. The van der Waals surface area contributed by atoms with E-state index in [4.69, 9.17) is 21.2 Å². The zero-order valence-electron chi connectivity index (χ0n) is 18.2. The van der Waals surface area contributed by atoms with Crippen LogP contribution in [0, 0.1) is 0 Å². The lowest BCUT2D eigenvalue weighted by Gasteiger charge is -2.21. The third-order valence-electron chi connectivity index (χ3n) is 5.23. The summed E-state index contributed by atoms with van der Waals surface area (Å²) < 4.78 is 5.41. The highest BCUT2D eigenvalue weighted by molar-refractivity contribution is 6.33. The van der Waals surface area contributed by atoms with E-state index in [1.807, 2.05) is 36.4 Å². The molecule has 1 fully saturated rings. The zero-order chi connectivity index (χ0) is 22.9. The molecule has 3 aromatic rings. The number of amides is 1. The normalized spacial score (nSPS) is 16.0. The summed E-state index contributed by atoms with van der Waals surface area (Å²) in [5.41, 5.74) is 6.41. The Labute approximate surface area is 198 Å². The Morgan fingerprint density at radius 3 is 2.76 bits per heavy atom. The van der Waals surface area contributed by atoms with Crippen molar-refractivity contribution < 1.29 is 14.4 Å². The summed E-state index contributed by atoms with van der Waals surface area (Å²) in [6.45, 7) is 0.650. The van der Waals surface area contributed by atoms with Gasteiger partial charge in [0.2, 0.25) is 0 Å². The summed E-state index contributed by atoms with van der Waals surface area (Å²) in [4.78, 5) is 21.7. The second-order valence-corrected chi connectivity index (χ2v) is 8.16. The third-order valence-corrected chi connectivity index (χ3v) is 5.51. The first-order valence-corrected chi connectivity index (χ1v) is 11.3. The number of nitrogens with zero attached hydrogens (tertiary/aromatic N) is 1. The van der Waals surface area contributed by atoms with Crippen molar-refractivity contribution in [1.82, 2.24) is 10.5 Å². The molecule has 2 aromatic carbocycles. The van der Waals surface area contributed by atoms with Gasteiger partial charge in [0.05, 0.1) is 5.02 Å². The average molecular weight is 464 g/mol. The number of rotatable bonds is 8.